The topological polar surface area (TPSA) is 69.1 Å². The Bertz CT molecular complexity index is 355. The predicted octanol–water partition coefficient (Wildman–Crippen LogP) is 1.87. The smallest absolute Gasteiger partial charge is 0.219 e. The largest absolute Gasteiger partial charge is 0.370 e. The van der Waals surface area contributed by atoms with Crippen molar-refractivity contribution in [2.45, 2.75) is 12.5 Å². The minimum Gasteiger partial charge on any atom is -0.370 e. The Kier molecular flexibility index (Phi) is 3.75. The van der Waals surface area contributed by atoms with E-state index in [1.54, 1.807) is 18.2 Å². The van der Waals surface area contributed by atoms with Gasteiger partial charge in [-0.15, -0.1) is 0 Å². The lowest BCUT2D eigenvalue weighted by Crippen LogP contribution is -2.20. The van der Waals surface area contributed by atoms with Crippen molar-refractivity contribution in [3.8, 4) is 0 Å². The summed E-state index contributed by atoms with van der Waals surface area (Å²) < 4.78 is 0. The summed E-state index contributed by atoms with van der Waals surface area (Å²) in [7, 11) is 0. The van der Waals surface area contributed by atoms with Crippen LogP contribution in [0.4, 0.5) is 0 Å². The minimum absolute atomic E-state index is 0.0708. The molecule has 1 rings (SSSR count). The van der Waals surface area contributed by atoms with Gasteiger partial charge >= 0.3 is 0 Å². The van der Waals surface area contributed by atoms with Crippen LogP contribution in [0.3, 0.4) is 0 Å². The third kappa shape index (κ3) is 2.87. The lowest BCUT2D eigenvalue weighted by molar-refractivity contribution is -0.118. The number of nitrogens with two attached hydrogens (primary N) is 2. The van der Waals surface area contributed by atoms with Gasteiger partial charge in [-0.05, 0) is 17.7 Å². The lowest BCUT2D eigenvalue weighted by Gasteiger charge is -2.11. The van der Waals surface area contributed by atoms with Gasteiger partial charge < -0.3 is 11.5 Å². The quantitative estimate of drug-likeness (QED) is 0.836. The van der Waals surface area contributed by atoms with E-state index in [-0.39, 0.29) is 6.42 Å². The van der Waals surface area contributed by atoms with Gasteiger partial charge in [-0.3, -0.25) is 4.79 Å². The van der Waals surface area contributed by atoms with Crippen LogP contribution >= 0.6 is 23.2 Å². The van der Waals surface area contributed by atoms with Crippen LogP contribution in [0.25, 0.3) is 0 Å². The molecule has 3 nitrogen and oxygen atoms in total. The first-order valence-corrected chi connectivity index (χ1v) is 4.75. The Morgan fingerprint density at radius 3 is 2.57 bits per heavy atom. The van der Waals surface area contributed by atoms with Gasteiger partial charge in [0, 0.05) is 22.5 Å². The molecule has 0 aliphatic carbocycles. The van der Waals surface area contributed by atoms with Crippen molar-refractivity contribution in [2.75, 3.05) is 0 Å². The monoisotopic (exact) mass is 232 g/mol. The average molecular weight is 233 g/mol. The number of benzene rings is 1. The Labute approximate surface area is 92.0 Å². The molecule has 0 spiro atoms. The van der Waals surface area contributed by atoms with E-state index in [1.807, 2.05) is 0 Å². The fraction of sp³-hybridized carbons (Fsp3) is 0.222. The van der Waals surface area contributed by atoms with Gasteiger partial charge in [0.05, 0.1) is 0 Å². The number of amides is 1. The van der Waals surface area contributed by atoms with Crippen molar-refractivity contribution in [3.63, 3.8) is 0 Å². The zero-order valence-electron chi connectivity index (χ0n) is 7.34. The Morgan fingerprint density at radius 2 is 2.07 bits per heavy atom. The van der Waals surface area contributed by atoms with E-state index in [9.17, 15) is 4.79 Å². The molecular formula is C9H10Cl2N2O. The maximum atomic E-state index is 10.6. The fourth-order valence-corrected chi connectivity index (χ4v) is 1.68. The van der Waals surface area contributed by atoms with Crippen molar-refractivity contribution in [3.05, 3.63) is 33.8 Å². The number of hydrogen-bond donors (Lipinski definition) is 2. The third-order valence-electron chi connectivity index (χ3n) is 1.78. The van der Waals surface area contributed by atoms with E-state index in [0.29, 0.717) is 15.6 Å². The zero-order chi connectivity index (χ0) is 10.7. The predicted molar refractivity (Wildman–Crippen MR) is 57.2 cm³/mol. The zero-order valence-corrected chi connectivity index (χ0v) is 8.85. The highest BCUT2D eigenvalue weighted by Crippen LogP contribution is 2.26. The summed E-state index contributed by atoms with van der Waals surface area (Å²) >= 11 is 11.6. The molecule has 1 amide bonds. The Balaban J connectivity index is 2.90. The molecular weight excluding hydrogens is 223 g/mol. The third-order valence-corrected chi connectivity index (χ3v) is 2.35. The van der Waals surface area contributed by atoms with E-state index >= 15 is 0 Å². The van der Waals surface area contributed by atoms with Crippen molar-refractivity contribution in [2.24, 2.45) is 11.5 Å². The van der Waals surface area contributed by atoms with Gasteiger partial charge in [0.15, 0.2) is 0 Å². The lowest BCUT2D eigenvalue weighted by atomic mass is 10.0. The molecule has 14 heavy (non-hydrogen) atoms. The molecule has 4 N–H and O–H groups in total. The summed E-state index contributed by atoms with van der Waals surface area (Å²) in [6, 6.07) is 4.47. The SMILES string of the molecule is NC(=O)CC(N)c1ccc(Cl)cc1Cl. The van der Waals surface area contributed by atoms with Gasteiger partial charge in [-0.1, -0.05) is 29.3 Å². The molecule has 0 aromatic heterocycles. The first-order valence-electron chi connectivity index (χ1n) is 3.99. The summed E-state index contributed by atoms with van der Waals surface area (Å²) in [4.78, 5) is 10.6. The van der Waals surface area contributed by atoms with Crippen LogP contribution in [0.2, 0.25) is 10.0 Å². The van der Waals surface area contributed by atoms with E-state index in [0.717, 1.165) is 0 Å². The molecule has 1 atom stereocenters. The molecule has 1 aromatic rings. The molecule has 0 heterocycles. The van der Waals surface area contributed by atoms with E-state index < -0.39 is 11.9 Å². The number of primary amides is 1. The van der Waals surface area contributed by atoms with Crippen molar-refractivity contribution in [1.82, 2.24) is 0 Å². The highest BCUT2D eigenvalue weighted by atomic mass is 35.5. The minimum atomic E-state index is -0.475. The second-order valence-corrected chi connectivity index (χ2v) is 3.79. The standard InChI is InChI=1S/C9H10Cl2N2O/c10-5-1-2-6(7(11)3-5)8(12)4-9(13)14/h1-3,8H,4,12H2,(H2,13,14). The number of halogens is 2. The van der Waals surface area contributed by atoms with Crippen LogP contribution in [0.1, 0.15) is 18.0 Å². The summed E-state index contributed by atoms with van der Waals surface area (Å²) in [5.41, 5.74) is 11.4. The van der Waals surface area contributed by atoms with Crippen LogP contribution in [0.5, 0.6) is 0 Å². The summed E-state index contributed by atoms with van der Waals surface area (Å²) in [5, 5.41) is 0.983. The van der Waals surface area contributed by atoms with Gasteiger partial charge in [0.2, 0.25) is 5.91 Å². The van der Waals surface area contributed by atoms with E-state index in [4.69, 9.17) is 34.7 Å². The molecule has 1 unspecified atom stereocenters. The second-order valence-electron chi connectivity index (χ2n) is 2.94. The van der Waals surface area contributed by atoms with Crippen LogP contribution < -0.4 is 11.5 Å². The van der Waals surface area contributed by atoms with Crippen LogP contribution in [-0.4, -0.2) is 5.91 Å². The molecule has 1 aromatic carbocycles. The molecule has 0 aliphatic rings. The van der Waals surface area contributed by atoms with E-state index in [1.165, 1.54) is 0 Å². The highest BCUT2D eigenvalue weighted by molar-refractivity contribution is 6.35. The first kappa shape index (κ1) is 11.3. The molecule has 0 saturated heterocycles. The van der Waals surface area contributed by atoms with Crippen LogP contribution in [-0.2, 0) is 4.79 Å². The Hall–Kier alpha value is -0.770. The highest BCUT2D eigenvalue weighted by Gasteiger charge is 2.12. The molecule has 5 heteroatoms. The van der Waals surface area contributed by atoms with Crippen molar-refractivity contribution >= 4 is 29.1 Å². The maximum absolute atomic E-state index is 10.6. The van der Waals surface area contributed by atoms with Gasteiger partial charge in [0.1, 0.15) is 0 Å². The fourth-order valence-electron chi connectivity index (χ4n) is 1.13. The maximum Gasteiger partial charge on any atom is 0.219 e. The van der Waals surface area contributed by atoms with Crippen LogP contribution in [0.15, 0.2) is 18.2 Å². The van der Waals surface area contributed by atoms with Crippen LogP contribution in [0, 0.1) is 0 Å². The van der Waals surface area contributed by atoms with E-state index in [2.05, 4.69) is 0 Å². The molecule has 0 fully saturated rings. The number of carbonyl (C=O) groups excluding carboxylic acids is 1. The molecule has 0 bridgehead atoms. The normalized spacial score (nSPS) is 12.5. The summed E-state index contributed by atoms with van der Waals surface area (Å²) in [6.45, 7) is 0. The van der Waals surface area contributed by atoms with Crippen molar-refractivity contribution in [1.29, 1.82) is 0 Å². The molecule has 0 saturated carbocycles. The van der Waals surface area contributed by atoms with Gasteiger partial charge in [-0.25, -0.2) is 0 Å². The average Bonchev–Trinajstić information content (AvgIpc) is 2.01. The molecule has 76 valence electrons. The molecule has 0 aliphatic heterocycles. The number of hydrogen-bond acceptors (Lipinski definition) is 2. The summed E-state index contributed by atoms with van der Waals surface area (Å²) in [5.74, 6) is -0.455. The number of carbonyl (C=O) groups is 1. The Morgan fingerprint density at radius 1 is 1.43 bits per heavy atom. The molecule has 0 radical (unpaired) electrons. The van der Waals surface area contributed by atoms with Gasteiger partial charge in [0.25, 0.3) is 0 Å². The second kappa shape index (κ2) is 4.64. The van der Waals surface area contributed by atoms with Gasteiger partial charge in [-0.2, -0.15) is 0 Å². The summed E-state index contributed by atoms with van der Waals surface area (Å²) in [6.07, 6.45) is 0.0708. The van der Waals surface area contributed by atoms with Crippen molar-refractivity contribution < 1.29 is 4.79 Å². The first-order chi connectivity index (χ1) is 6.50. The number of rotatable bonds is 3.